The van der Waals surface area contributed by atoms with Gasteiger partial charge in [-0.05, 0) is 43.0 Å². The molecule has 7 nitrogen and oxygen atoms in total. The molecule has 1 aromatic heterocycles. The van der Waals surface area contributed by atoms with Crippen molar-refractivity contribution in [3.05, 3.63) is 41.0 Å². The van der Waals surface area contributed by atoms with Crippen molar-refractivity contribution in [3.63, 3.8) is 0 Å². The van der Waals surface area contributed by atoms with Crippen molar-refractivity contribution in [2.45, 2.75) is 26.9 Å². The molecule has 1 fully saturated rings. The largest absolute Gasteiger partial charge is 0.392 e. The minimum atomic E-state index is -0.730. The molecule has 1 aliphatic rings. The Morgan fingerprint density at radius 3 is 2.37 bits per heavy atom. The maximum atomic E-state index is 12.5. The van der Waals surface area contributed by atoms with Gasteiger partial charge in [0.05, 0.1) is 11.8 Å². The molecule has 0 saturated carbocycles. The second-order valence-electron chi connectivity index (χ2n) is 7.17. The number of rotatable bonds is 2. The number of aliphatic hydroxyl groups excluding tert-OH is 1. The average molecular weight is 391 g/mol. The Balaban J connectivity index is 1.70. The highest BCUT2D eigenvalue weighted by atomic mass is 35.5. The van der Waals surface area contributed by atoms with Gasteiger partial charge in [0.1, 0.15) is 0 Å². The first kappa shape index (κ1) is 19.4. The van der Waals surface area contributed by atoms with Crippen LogP contribution in [-0.2, 0) is 9.59 Å². The van der Waals surface area contributed by atoms with Gasteiger partial charge in [-0.2, -0.15) is 0 Å². The predicted octanol–water partition coefficient (Wildman–Crippen LogP) is 2.25. The number of piperidine rings is 1. The van der Waals surface area contributed by atoms with Gasteiger partial charge >= 0.3 is 11.8 Å². The van der Waals surface area contributed by atoms with Crippen LogP contribution >= 0.6 is 11.6 Å². The first-order valence-corrected chi connectivity index (χ1v) is 9.25. The summed E-state index contributed by atoms with van der Waals surface area (Å²) in [6.07, 6.45) is -0.463. The molecule has 2 atom stereocenters. The monoisotopic (exact) mass is 390 g/mol. The Morgan fingerprint density at radius 2 is 1.78 bits per heavy atom. The lowest BCUT2D eigenvalue weighted by Crippen LogP contribution is -2.52. The molecule has 1 aliphatic heterocycles. The van der Waals surface area contributed by atoms with Crippen molar-refractivity contribution in [1.82, 2.24) is 14.7 Å². The average Bonchev–Trinajstić information content (AvgIpc) is 2.99. The number of halogens is 1. The summed E-state index contributed by atoms with van der Waals surface area (Å²) in [6, 6.07) is 8.85. The number of aliphatic hydroxyl groups is 1. The quantitative estimate of drug-likeness (QED) is 0.770. The van der Waals surface area contributed by atoms with Gasteiger partial charge in [-0.1, -0.05) is 25.4 Å². The zero-order chi connectivity index (χ0) is 19.7. The number of amides is 2. The summed E-state index contributed by atoms with van der Waals surface area (Å²) in [7, 11) is 0. The molecule has 2 N–H and O–H groups in total. The van der Waals surface area contributed by atoms with Crippen molar-refractivity contribution in [3.8, 4) is 5.69 Å². The Morgan fingerprint density at radius 1 is 1.19 bits per heavy atom. The van der Waals surface area contributed by atoms with E-state index in [-0.39, 0.29) is 11.8 Å². The van der Waals surface area contributed by atoms with Gasteiger partial charge in [-0.15, -0.1) is 5.10 Å². The van der Waals surface area contributed by atoms with Crippen molar-refractivity contribution >= 4 is 29.2 Å². The second-order valence-corrected chi connectivity index (χ2v) is 7.61. The van der Waals surface area contributed by atoms with Crippen LogP contribution < -0.4 is 5.32 Å². The van der Waals surface area contributed by atoms with E-state index in [0.717, 1.165) is 11.4 Å². The normalized spacial score (nSPS) is 22.6. The van der Waals surface area contributed by atoms with E-state index in [9.17, 15) is 14.7 Å². The molecule has 144 valence electrons. The third-order valence-corrected chi connectivity index (χ3v) is 5.12. The number of hydrogen-bond acceptors (Lipinski definition) is 4. The number of carbonyl (C=O) groups is 2. The fraction of sp³-hybridized carbons (Fsp3) is 0.421. The third kappa shape index (κ3) is 4.14. The highest BCUT2D eigenvalue weighted by Gasteiger charge is 2.35. The molecule has 8 heteroatoms. The van der Waals surface area contributed by atoms with Crippen LogP contribution in [0.1, 0.15) is 19.5 Å². The number of aryl methyl sites for hydroxylation is 1. The highest BCUT2D eigenvalue weighted by molar-refractivity contribution is 6.39. The van der Waals surface area contributed by atoms with Gasteiger partial charge in [0, 0.05) is 29.9 Å². The summed E-state index contributed by atoms with van der Waals surface area (Å²) in [5, 5.41) is 17.6. The summed E-state index contributed by atoms with van der Waals surface area (Å²) in [5.74, 6) is -1.18. The summed E-state index contributed by atoms with van der Waals surface area (Å²) in [5.41, 5.74) is 1.61. The summed E-state index contributed by atoms with van der Waals surface area (Å²) in [4.78, 5) is 26.3. The molecule has 0 aliphatic carbocycles. The first-order valence-electron chi connectivity index (χ1n) is 8.87. The molecule has 2 unspecified atom stereocenters. The van der Waals surface area contributed by atoms with Crippen LogP contribution in [0.2, 0.25) is 5.02 Å². The lowest BCUT2D eigenvalue weighted by molar-refractivity contribution is -0.147. The highest BCUT2D eigenvalue weighted by Crippen LogP contribution is 2.22. The fourth-order valence-corrected chi connectivity index (χ4v) is 3.53. The topological polar surface area (TPSA) is 87.5 Å². The predicted molar refractivity (Wildman–Crippen MR) is 103 cm³/mol. The lowest BCUT2D eigenvalue weighted by atomic mass is 9.88. The number of hydrogen-bond donors (Lipinski definition) is 2. The number of anilines is 1. The molecular weight excluding hydrogens is 368 g/mol. The van der Waals surface area contributed by atoms with E-state index in [2.05, 4.69) is 10.4 Å². The van der Waals surface area contributed by atoms with Crippen molar-refractivity contribution in [2.24, 2.45) is 11.8 Å². The maximum absolute atomic E-state index is 12.5. The lowest BCUT2D eigenvalue weighted by Gasteiger charge is -2.38. The van der Waals surface area contributed by atoms with Crippen LogP contribution in [0.25, 0.3) is 5.69 Å². The Bertz CT molecular complexity index is 837. The Kier molecular flexibility index (Phi) is 5.53. The molecule has 1 aromatic carbocycles. The van der Waals surface area contributed by atoms with Crippen LogP contribution in [0, 0.1) is 18.8 Å². The van der Waals surface area contributed by atoms with E-state index in [4.69, 9.17) is 11.6 Å². The van der Waals surface area contributed by atoms with Gasteiger partial charge in [0.2, 0.25) is 0 Å². The van der Waals surface area contributed by atoms with Gasteiger partial charge in [-0.3, -0.25) is 9.59 Å². The molecule has 2 amide bonds. The molecular formula is C19H23ClN4O3. The minimum absolute atomic E-state index is 0.0724. The summed E-state index contributed by atoms with van der Waals surface area (Å²) < 4.78 is 1.66. The fourth-order valence-electron chi connectivity index (χ4n) is 3.41. The van der Waals surface area contributed by atoms with Crippen LogP contribution in [-0.4, -0.2) is 50.8 Å². The van der Waals surface area contributed by atoms with E-state index < -0.39 is 17.9 Å². The standard InChI is InChI=1S/C19H23ClN4O3/c1-11-9-23(10-12(2)17(11)25)19(27)18(26)21-16-8-13(3)24(22-16)15-6-4-14(20)5-7-15/h4-8,11-12,17,25H,9-10H2,1-3H3,(H,21,22,26). The van der Waals surface area contributed by atoms with E-state index in [1.54, 1.807) is 22.9 Å². The maximum Gasteiger partial charge on any atom is 0.315 e. The summed E-state index contributed by atoms with van der Waals surface area (Å²) in [6.45, 7) is 6.31. The molecule has 3 rings (SSSR count). The van der Waals surface area contributed by atoms with Crippen LogP contribution in [0.5, 0.6) is 0 Å². The number of aromatic nitrogens is 2. The minimum Gasteiger partial charge on any atom is -0.392 e. The number of benzene rings is 1. The van der Waals surface area contributed by atoms with Crippen molar-refractivity contribution in [1.29, 1.82) is 0 Å². The Labute approximate surface area is 162 Å². The van der Waals surface area contributed by atoms with Gasteiger partial charge in [-0.25, -0.2) is 4.68 Å². The van der Waals surface area contributed by atoms with E-state index >= 15 is 0 Å². The van der Waals surface area contributed by atoms with E-state index in [1.165, 1.54) is 4.90 Å². The Hall–Kier alpha value is -2.38. The molecule has 0 spiro atoms. The van der Waals surface area contributed by atoms with Gasteiger partial charge < -0.3 is 15.3 Å². The number of nitrogens with one attached hydrogen (secondary N) is 1. The molecule has 0 bridgehead atoms. The molecule has 2 aromatic rings. The zero-order valence-corrected chi connectivity index (χ0v) is 16.3. The van der Waals surface area contributed by atoms with Crippen LogP contribution in [0.15, 0.2) is 30.3 Å². The van der Waals surface area contributed by atoms with Gasteiger partial charge in [0.25, 0.3) is 0 Å². The zero-order valence-electron chi connectivity index (χ0n) is 15.5. The number of carbonyl (C=O) groups excluding carboxylic acids is 2. The van der Waals surface area contributed by atoms with Crippen molar-refractivity contribution < 1.29 is 14.7 Å². The SMILES string of the molecule is Cc1cc(NC(=O)C(=O)N2CC(C)C(O)C(C)C2)nn1-c1ccc(Cl)cc1. The third-order valence-electron chi connectivity index (χ3n) is 4.86. The van der Waals surface area contributed by atoms with Gasteiger partial charge in [0.15, 0.2) is 5.82 Å². The molecule has 1 saturated heterocycles. The molecule has 27 heavy (non-hydrogen) atoms. The van der Waals surface area contributed by atoms with Crippen LogP contribution in [0.3, 0.4) is 0 Å². The van der Waals surface area contributed by atoms with E-state index in [1.807, 2.05) is 32.9 Å². The van der Waals surface area contributed by atoms with E-state index in [0.29, 0.717) is 23.9 Å². The summed E-state index contributed by atoms with van der Waals surface area (Å²) >= 11 is 5.91. The number of nitrogens with zero attached hydrogens (tertiary/aromatic N) is 3. The van der Waals surface area contributed by atoms with Crippen molar-refractivity contribution in [2.75, 3.05) is 18.4 Å². The second kappa shape index (κ2) is 7.70. The number of likely N-dealkylation sites (tertiary alicyclic amines) is 1. The molecule has 0 radical (unpaired) electrons. The van der Waals surface area contributed by atoms with Crippen LogP contribution in [0.4, 0.5) is 5.82 Å². The molecule has 2 heterocycles. The smallest absolute Gasteiger partial charge is 0.315 e. The first-order chi connectivity index (χ1) is 12.8.